The average Bonchev–Trinajstić information content (AvgIpc) is 2.46. The smallest absolute Gasteiger partial charge is 0.340 e. The van der Waals surface area contributed by atoms with Crippen molar-refractivity contribution in [3.8, 4) is 0 Å². The van der Waals surface area contributed by atoms with E-state index in [0.717, 1.165) is 0 Å². The van der Waals surface area contributed by atoms with Gasteiger partial charge in [0.25, 0.3) is 0 Å². The lowest BCUT2D eigenvalue weighted by Gasteiger charge is -2.12. The second-order valence-electron chi connectivity index (χ2n) is 4.69. The molecule has 1 heterocycles. The fraction of sp³-hybridized carbons (Fsp3) is 0.0667. The lowest BCUT2D eigenvalue weighted by atomic mass is 10.2. The molecule has 3 nitrogen and oxygen atoms in total. The molecule has 1 aromatic heterocycles. The van der Waals surface area contributed by atoms with Gasteiger partial charge in [0.05, 0.1) is 5.52 Å². The highest BCUT2D eigenvalue weighted by Crippen LogP contribution is 2.32. The second-order valence-corrected chi connectivity index (χ2v) is 6.04. The highest BCUT2D eigenvalue weighted by molar-refractivity contribution is 9.10. The van der Waals surface area contributed by atoms with Gasteiger partial charge in [0.1, 0.15) is 5.82 Å². The number of hydrogen-bond acceptors (Lipinski definition) is 3. The standard InChI is InChI=1S/C15H8BrClF3N3/c16-8-4-5-12-11(6-8)13(23-14(22-12)15(18,19)20)21-10-3-1-2-9(17)7-10/h1-7H,(H,21,22,23). The molecule has 3 aromatic rings. The minimum atomic E-state index is -4.63. The van der Waals surface area contributed by atoms with Crippen LogP contribution >= 0.6 is 27.5 Å². The van der Waals surface area contributed by atoms with Crippen LogP contribution in [-0.4, -0.2) is 9.97 Å². The van der Waals surface area contributed by atoms with Gasteiger partial charge in [-0.15, -0.1) is 0 Å². The van der Waals surface area contributed by atoms with E-state index in [1.807, 2.05) is 0 Å². The Morgan fingerprint density at radius 1 is 1.04 bits per heavy atom. The number of hydrogen-bond donors (Lipinski definition) is 1. The van der Waals surface area contributed by atoms with E-state index in [9.17, 15) is 13.2 Å². The van der Waals surface area contributed by atoms with Crippen molar-refractivity contribution in [1.82, 2.24) is 9.97 Å². The lowest BCUT2D eigenvalue weighted by molar-refractivity contribution is -0.144. The third-order valence-electron chi connectivity index (χ3n) is 3.00. The van der Waals surface area contributed by atoms with E-state index in [4.69, 9.17) is 11.6 Å². The summed E-state index contributed by atoms with van der Waals surface area (Å²) in [4.78, 5) is 7.21. The first-order valence-corrected chi connectivity index (χ1v) is 7.57. The zero-order chi connectivity index (χ0) is 16.6. The Morgan fingerprint density at radius 2 is 1.83 bits per heavy atom. The minimum absolute atomic E-state index is 0.0610. The Morgan fingerprint density at radius 3 is 2.52 bits per heavy atom. The predicted octanol–water partition coefficient (Wildman–Crippen LogP) is 5.81. The van der Waals surface area contributed by atoms with Crippen LogP contribution in [0.15, 0.2) is 46.9 Å². The van der Waals surface area contributed by atoms with Crippen molar-refractivity contribution in [2.45, 2.75) is 6.18 Å². The zero-order valence-electron chi connectivity index (χ0n) is 11.3. The number of alkyl halides is 3. The van der Waals surface area contributed by atoms with Gasteiger partial charge in [-0.1, -0.05) is 33.6 Å². The number of fused-ring (bicyclic) bond motifs is 1. The van der Waals surface area contributed by atoms with Crippen molar-refractivity contribution in [2.75, 3.05) is 5.32 Å². The normalized spacial score (nSPS) is 11.7. The quantitative estimate of drug-likeness (QED) is 0.588. The number of nitrogens with zero attached hydrogens (tertiary/aromatic N) is 2. The number of halogens is 5. The van der Waals surface area contributed by atoms with Crippen LogP contribution in [0.25, 0.3) is 10.9 Å². The molecule has 0 aliphatic rings. The molecule has 1 N–H and O–H groups in total. The second kappa shape index (κ2) is 5.98. The van der Waals surface area contributed by atoms with E-state index in [2.05, 4.69) is 31.2 Å². The highest BCUT2D eigenvalue weighted by atomic mass is 79.9. The van der Waals surface area contributed by atoms with E-state index in [0.29, 0.717) is 20.6 Å². The first-order valence-electron chi connectivity index (χ1n) is 6.40. The molecule has 0 unspecified atom stereocenters. The Bertz CT molecular complexity index is 883. The fourth-order valence-electron chi connectivity index (χ4n) is 2.03. The van der Waals surface area contributed by atoms with Crippen LogP contribution < -0.4 is 5.32 Å². The number of rotatable bonds is 2. The first-order chi connectivity index (χ1) is 10.8. The van der Waals surface area contributed by atoms with Crippen molar-refractivity contribution >= 4 is 49.9 Å². The molecule has 0 spiro atoms. The molecule has 8 heteroatoms. The predicted molar refractivity (Wildman–Crippen MR) is 87.0 cm³/mol. The molecule has 0 amide bonds. The Kier molecular flexibility index (Phi) is 4.16. The maximum Gasteiger partial charge on any atom is 0.451 e. The van der Waals surface area contributed by atoms with Crippen molar-refractivity contribution in [3.05, 3.63) is 57.8 Å². The van der Waals surface area contributed by atoms with E-state index in [1.165, 1.54) is 6.07 Å². The minimum Gasteiger partial charge on any atom is -0.340 e. The topological polar surface area (TPSA) is 37.8 Å². The van der Waals surface area contributed by atoms with Crippen molar-refractivity contribution < 1.29 is 13.2 Å². The molecule has 118 valence electrons. The lowest BCUT2D eigenvalue weighted by Crippen LogP contribution is -2.12. The van der Waals surface area contributed by atoms with Crippen molar-refractivity contribution in [1.29, 1.82) is 0 Å². The summed E-state index contributed by atoms with van der Waals surface area (Å²) in [5, 5.41) is 3.80. The molecule has 23 heavy (non-hydrogen) atoms. The summed E-state index contributed by atoms with van der Waals surface area (Å²) in [5.41, 5.74) is 0.727. The van der Waals surface area contributed by atoms with Crippen molar-refractivity contribution in [2.24, 2.45) is 0 Å². The largest absolute Gasteiger partial charge is 0.451 e. The molecule has 0 atom stereocenters. The van der Waals surface area contributed by atoms with Crippen LogP contribution in [0.2, 0.25) is 5.02 Å². The third-order valence-corrected chi connectivity index (χ3v) is 3.73. The van der Waals surface area contributed by atoms with Gasteiger partial charge >= 0.3 is 6.18 Å². The third kappa shape index (κ3) is 3.56. The molecule has 2 aromatic carbocycles. The monoisotopic (exact) mass is 401 g/mol. The van der Waals surface area contributed by atoms with E-state index < -0.39 is 12.0 Å². The van der Waals surface area contributed by atoms with E-state index >= 15 is 0 Å². The van der Waals surface area contributed by atoms with Gasteiger partial charge in [-0.2, -0.15) is 13.2 Å². The van der Waals surface area contributed by atoms with E-state index in [-0.39, 0.29) is 11.3 Å². The highest BCUT2D eigenvalue weighted by Gasteiger charge is 2.35. The molecule has 0 bridgehead atoms. The maximum absolute atomic E-state index is 13.0. The fourth-order valence-corrected chi connectivity index (χ4v) is 2.58. The van der Waals surface area contributed by atoms with Crippen LogP contribution in [0.4, 0.5) is 24.7 Å². The van der Waals surface area contributed by atoms with Crippen LogP contribution in [0.1, 0.15) is 5.82 Å². The first kappa shape index (κ1) is 16.0. The molecule has 0 fully saturated rings. The summed E-state index contributed by atoms with van der Waals surface area (Å²) in [7, 11) is 0. The average molecular weight is 403 g/mol. The molecular formula is C15H8BrClF3N3. The Balaban J connectivity index is 2.18. The zero-order valence-corrected chi connectivity index (χ0v) is 13.7. The number of anilines is 2. The molecule has 0 aliphatic heterocycles. The summed E-state index contributed by atoms with van der Waals surface area (Å²) in [5.74, 6) is -1.14. The maximum atomic E-state index is 13.0. The van der Waals surface area contributed by atoms with Crippen molar-refractivity contribution in [3.63, 3.8) is 0 Å². The molecule has 0 aliphatic carbocycles. The molecule has 0 saturated carbocycles. The summed E-state index contributed by atoms with van der Waals surface area (Å²) in [6.45, 7) is 0. The van der Waals surface area contributed by atoms with Gasteiger partial charge in [-0.3, -0.25) is 0 Å². The SMILES string of the molecule is FC(F)(F)c1nc(Nc2cccc(Cl)c2)c2cc(Br)ccc2n1. The summed E-state index contributed by atoms with van der Waals surface area (Å²) in [6, 6.07) is 11.4. The van der Waals surface area contributed by atoms with Gasteiger partial charge in [-0.25, -0.2) is 9.97 Å². The molecule has 0 saturated heterocycles. The van der Waals surface area contributed by atoms with Gasteiger partial charge in [0.15, 0.2) is 0 Å². The van der Waals surface area contributed by atoms with Crippen LogP contribution in [-0.2, 0) is 6.18 Å². The van der Waals surface area contributed by atoms with Crippen LogP contribution in [0.5, 0.6) is 0 Å². The van der Waals surface area contributed by atoms with E-state index in [1.54, 1.807) is 36.4 Å². The van der Waals surface area contributed by atoms with Gasteiger partial charge in [-0.05, 0) is 36.4 Å². The molecular weight excluding hydrogens is 395 g/mol. The number of benzene rings is 2. The van der Waals surface area contributed by atoms with Crippen LogP contribution in [0, 0.1) is 0 Å². The summed E-state index contributed by atoms with van der Waals surface area (Å²) >= 11 is 9.19. The Labute approximate surface area is 142 Å². The van der Waals surface area contributed by atoms with Crippen LogP contribution in [0.3, 0.4) is 0 Å². The van der Waals surface area contributed by atoms with Gasteiger partial charge in [0, 0.05) is 20.6 Å². The van der Waals surface area contributed by atoms with Gasteiger partial charge in [0.2, 0.25) is 5.82 Å². The Hall–Kier alpha value is -1.86. The van der Waals surface area contributed by atoms with Gasteiger partial charge < -0.3 is 5.32 Å². The number of nitrogens with one attached hydrogen (secondary N) is 1. The summed E-state index contributed by atoms with van der Waals surface area (Å²) < 4.78 is 39.7. The summed E-state index contributed by atoms with van der Waals surface area (Å²) in [6.07, 6.45) is -4.63. The molecule has 0 radical (unpaired) electrons. The molecule has 3 rings (SSSR count). The number of aromatic nitrogens is 2.